The van der Waals surface area contributed by atoms with Gasteiger partial charge in [-0.25, -0.2) is 4.98 Å². The summed E-state index contributed by atoms with van der Waals surface area (Å²) in [6.07, 6.45) is 1.43. The molecule has 2 atom stereocenters. The van der Waals surface area contributed by atoms with E-state index in [1.54, 1.807) is 33.9 Å². The molecule has 0 amide bonds. The average Bonchev–Trinajstić information content (AvgIpc) is 3.27. The number of hydrogen-bond donors (Lipinski definition) is 0. The van der Waals surface area contributed by atoms with E-state index in [-0.39, 0.29) is 25.6 Å². The van der Waals surface area contributed by atoms with E-state index in [4.69, 9.17) is 14.2 Å². The summed E-state index contributed by atoms with van der Waals surface area (Å²) in [6.45, 7) is 7.12. The summed E-state index contributed by atoms with van der Waals surface area (Å²) in [6, 6.07) is 21.8. The van der Waals surface area contributed by atoms with Gasteiger partial charge in [-0.05, 0) is 66.0 Å². The van der Waals surface area contributed by atoms with Crippen molar-refractivity contribution in [3.63, 3.8) is 0 Å². The Morgan fingerprint density at radius 1 is 0.878 bits per heavy atom. The largest absolute Gasteiger partial charge is 0.465 e. The van der Waals surface area contributed by atoms with Gasteiger partial charge in [0, 0.05) is 17.9 Å². The highest BCUT2D eigenvalue weighted by Gasteiger charge is 2.37. The number of hydrogen-bond acceptors (Lipinski definition) is 9. The molecule has 9 heteroatoms. The van der Waals surface area contributed by atoms with Gasteiger partial charge in [0.05, 0.1) is 18.3 Å². The fourth-order valence-electron chi connectivity index (χ4n) is 4.67. The van der Waals surface area contributed by atoms with Crippen LogP contribution in [0.25, 0.3) is 11.1 Å². The number of carbonyl (C=O) groups excluding carboxylic acids is 3. The number of ether oxygens (including phenoxy) is 3. The van der Waals surface area contributed by atoms with Crippen LogP contribution in [-0.4, -0.2) is 47.5 Å². The maximum atomic E-state index is 13.1. The first-order valence-electron chi connectivity index (χ1n) is 13.6. The van der Waals surface area contributed by atoms with Crippen LogP contribution >= 0.6 is 21.6 Å². The number of fused-ring (bicyclic) bond motifs is 3. The zero-order chi connectivity index (χ0) is 29.4. The molecule has 0 fully saturated rings. The molecule has 0 radical (unpaired) electrons. The molecule has 2 unspecified atom stereocenters. The third kappa shape index (κ3) is 8.36. The Labute approximate surface area is 249 Å². The van der Waals surface area contributed by atoms with Crippen LogP contribution in [0, 0.1) is 11.8 Å². The van der Waals surface area contributed by atoms with Gasteiger partial charge in [-0.3, -0.25) is 14.4 Å². The van der Waals surface area contributed by atoms with E-state index in [9.17, 15) is 14.4 Å². The van der Waals surface area contributed by atoms with Crippen LogP contribution in [-0.2, 0) is 28.6 Å². The number of pyridine rings is 1. The van der Waals surface area contributed by atoms with Crippen LogP contribution in [0.3, 0.4) is 0 Å². The molecule has 0 saturated carbocycles. The van der Waals surface area contributed by atoms with E-state index in [1.807, 2.05) is 54.6 Å². The molecular weight excluding hydrogens is 558 g/mol. The summed E-state index contributed by atoms with van der Waals surface area (Å²) in [4.78, 5) is 43.3. The van der Waals surface area contributed by atoms with Crippen LogP contribution in [0.2, 0.25) is 0 Å². The van der Waals surface area contributed by atoms with Crippen molar-refractivity contribution in [1.82, 2.24) is 4.98 Å². The average molecular weight is 594 g/mol. The molecule has 1 aliphatic rings. The van der Waals surface area contributed by atoms with Crippen molar-refractivity contribution < 1.29 is 28.6 Å². The monoisotopic (exact) mass is 593 g/mol. The first-order valence-corrected chi connectivity index (χ1v) is 15.9. The molecule has 0 bridgehead atoms. The number of nitrogens with zero attached hydrogens (tertiary/aromatic N) is 1. The molecule has 0 saturated heterocycles. The smallest absolute Gasteiger partial charge is 0.310 e. The maximum absolute atomic E-state index is 13.1. The van der Waals surface area contributed by atoms with E-state index in [1.165, 1.54) is 21.6 Å². The SMILES string of the molecule is CC(C(=O)OCCSSc1ccccn1)C(CC(=O)OCC1c2ccccc2-c2ccccc21)C(=O)OC(C)(C)C. The van der Waals surface area contributed by atoms with Crippen molar-refractivity contribution in [2.75, 3.05) is 19.0 Å². The lowest BCUT2D eigenvalue weighted by Gasteiger charge is -2.26. The number of rotatable bonds is 12. The lowest BCUT2D eigenvalue weighted by atomic mass is 9.90. The molecule has 0 aliphatic heterocycles. The number of benzene rings is 2. The summed E-state index contributed by atoms with van der Waals surface area (Å²) in [5, 5.41) is 0.866. The number of esters is 3. The highest BCUT2D eigenvalue weighted by molar-refractivity contribution is 8.76. The van der Waals surface area contributed by atoms with Crippen LogP contribution in [0.15, 0.2) is 78.0 Å². The van der Waals surface area contributed by atoms with Gasteiger partial charge in [0.15, 0.2) is 0 Å². The minimum atomic E-state index is -1.03. The molecule has 7 nitrogen and oxygen atoms in total. The predicted molar refractivity (Wildman–Crippen MR) is 161 cm³/mol. The summed E-state index contributed by atoms with van der Waals surface area (Å²) in [5.74, 6) is -3.23. The molecule has 216 valence electrons. The summed E-state index contributed by atoms with van der Waals surface area (Å²) < 4.78 is 16.7. The van der Waals surface area contributed by atoms with Crippen LogP contribution < -0.4 is 0 Å². The Bertz CT molecular complexity index is 1310. The molecule has 1 aromatic heterocycles. The minimum absolute atomic E-state index is 0.102. The predicted octanol–water partition coefficient (Wildman–Crippen LogP) is 6.70. The normalized spacial score (nSPS) is 14.0. The third-order valence-corrected chi connectivity index (χ3v) is 8.87. The first kappa shape index (κ1) is 30.7. The van der Waals surface area contributed by atoms with E-state index in [2.05, 4.69) is 17.1 Å². The van der Waals surface area contributed by atoms with Crippen LogP contribution in [0.5, 0.6) is 0 Å². The van der Waals surface area contributed by atoms with Gasteiger partial charge in [-0.1, -0.05) is 72.3 Å². The number of carbonyl (C=O) groups is 3. The lowest BCUT2D eigenvalue weighted by Crippen LogP contribution is -2.37. The molecule has 41 heavy (non-hydrogen) atoms. The highest BCUT2D eigenvalue weighted by atomic mass is 33.1. The second kappa shape index (κ2) is 14.0. The van der Waals surface area contributed by atoms with E-state index in [0.29, 0.717) is 5.75 Å². The zero-order valence-electron chi connectivity index (χ0n) is 23.7. The van der Waals surface area contributed by atoms with E-state index >= 15 is 0 Å². The topological polar surface area (TPSA) is 91.8 Å². The summed E-state index contributed by atoms with van der Waals surface area (Å²) in [7, 11) is 3.01. The number of aromatic nitrogens is 1. The van der Waals surface area contributed by atoms with Crippen molar-refractivity contribution in [3.8, 4) is 11.1 Å². The van der Waals surface area contributed by atoms with Crippen molar-refractivity contribution >= 4 is 39.5 Å². The van der Waals surface area contributed by atoms with Crippen LogP contribution in [0.4, 0.5) is 0 Å². The maximum Gasteiger partial charge on any atom is 0.310 e. The van der Waals surface area contributed by atoms with Gasteiger partial charge < -0.3 is 14.2 Å². The van der Waals surface area contributed by atoms with Crippen molar-refractivity contribution in [2.24, 2.45) is 11.8 Å². The molecule has 2 aromatic carbocycles. The molecule has 3 aromatic rings. The zero-order valence-corrected chi connectivity index (χ0v) is 25.3. The minimum Gasteiger partial charge on any atom is -0.465 e. The molecule has 4 rings (SSSR count). The molecule has 0 N–H and O–H groups in total. The second-order valence-electron chi connectivity index (χ2n) is 10.8. The standard InChI is InChI=1S/C32H35NO6S2/c1-21(30(35)37-17-18-40-41-28-15-9-10-16-33-28)26(31(36)39-32(2,3)4)19-29(34)38-20-27-24-13-7-5-11-22(24)23-12-6-8-14-25(23)27/h5-16,21,26-27H,17-20H2,1-4H3. The molecule has 0 spiro atoms. The van der Waals surface area contributed by atoms with Gasteiger partial charge in [0.1, 0.15) is 23.8 Å². The quantitative estimate of drug-likeness (QED) is 0.0984. The van der Waals surface area contributed by atoms with Crippen molar-refractivity contribution in [2.45, 2.75) is 50.7 Å². The fourth-order valence-corrected chi connectivity index (χ4v) is 6.37. The highest BCUT2D eigenvalue weighted by Crippen LogP contribution is 2.44. The molecule has 1 aliphatic carbocycles. The molecule has 1 heterocycles. The lowest BCUT2D eigenvalue weighted by molar-refractivity contribution is -0.170. The van der Waals surface area contributed by atoms with Gasteiger partial charge in [0.25, 0.3) is 0 Å². The van der Waals surface area contributed by atoms with Crippen molar-refractivity contribution in [1.29, 1.82) is 0 Å². The summed E-state index contributed by atoms with van der Waals surface area (Å²) in [5.41, 5.74) is 3.68. The van der Waals surface area contributed by atoms with Gasteiger partial charge >= 0.3 is 17.9 Å². The van der Waals surface area contributed by atoms with Gasteiger partial charge in [-0.2, -0.15) is 0 Å². The van der Waals surface area contributed by atoms with Crippen LogP contribution in [0.1, 0.15) is 51.2 Å². The Balaban J connectivity index is 1.35. The second-order valence-corrected chi connectivity index (χ2v) is 13.2. The van der Waals surface area contributed by atoms with E-state index < -0.39 is 35.3 Å². The van der Waals surface area contributed by atoms with E-state index in [0.717, 1.165) is 27.3 Å². The van der Waals surface area contributed by atoms with Gasteiger partial charge in [0.2, 0.25) is 0 Å². The Morgan fingerprint density at radius 2 is 1.51 bits per heavy atom. The molecular formula is C32H35NO6S2. The summed E-state index contributed by atoms with van der Waals surface area (Å²) >= 11 is 0. The fraction of sp³-hybridized carbons (Fsp3) is 0.375. The third-order valence-electron chi connectivity index (χ3n) is 6.64. The first-order chi connectivity index (χ1) is 19.6. The Kier molecular flexibility index (Phi) is 10.5. The van der Waals surface area contributed by atoms with Gasteiger partial charge in [-0.15, -0.1) is 0 Å². The van der Waals surface area contributed by atoms with Crippen molar-refractivity contribution in [3.05, 3.63) is 84.1 Å². The Hall–Kier alpha value is -3.30. The Morgan fingerprint density at radius 3 is 2.12 bits per heavy atom.